The highest BCUT2D eigenvalue weighted by Crippen LogP contribution is 2.22. The van der Waals surface area contributed by atoms with Crippen LogP contribution < -0.4 is 10.6 Å². The highest BCUT2D eigenvalue weighted by atomic mass is 79.9. The lowest BCUT2D eigenvalue weighted by Gasteiger charge is -2.25. The van der Waals surface area contributed by atoms with E-state index in [-0.39, 0.29) is 0 Å². The number of carbonyl (C=O) groups is 1. The van der Waals surface area contributed by atoms with E-state index in [0.717, 1.165) is 30.4 Å². The molecule has 1 saturated heterocycles. The van der Waals surface area contributed by atoms with E-state index in [1.54, 1.807) is 6.07 Å². The van der Waals surface area contributed by atoms with Crippen molar-refractivity contribution in [2.45, 2.75) is 18.9 Å². The van der Waals surface area contributed by atoms with Crippen molar-refractivity contribution < 1.29 is 9.90 Å². The van der Waals surface area contributed by atoms with E-state index in [9.17, 15) is 4.79 Å². The molecule has 17 heavy (non-hydrogen) atoms. The minimum Gasteiger partial charge on any atom is -0.478 e. The van der Waals surface area contributed by atoms with Gasteiger partial charge in [0.1, 0.15) is 0 Å². The largest absolute Gasteiger partial charge is 0.478 e. The number of anilines is 1. The van der Waals surface area contributed by atoms with Gasteiger partial charge >= 0.3 is 5.97 Å². The normalized spacial score (nSPS) is 19.9. The maximum absolute atomic E-state index is 11.1. The lowest BCUT2D eigenvalue weighted by atomic mass is 10.1. The van der Waals surface area contributed by atoms with E-state index in [0.29, 0.717) is 17.3 Å². The van der Waals surface area contributed by atoms with Crippen LogP contribution >= 0.6 is 15.9 Å². The summed E-state index contributed by atoms with van der Waals surface area (Å²) in [6, 6.07) is 5.59. The van der Waals surface area contributed by atoms with Crippen molar-refractivity contribution in [3.63, 3.8) is 0 Å². The molecule has 3 N–H and O–H groups in total. The molecule has 1 aliphatic heterocycles. The number of piperidine rings is 1. The SMILES string of the molecule is O=C(O)c1cc(Br)ccc1NC1CCCNC1. The first-order valence-electron chi connectivity index (χ1n) is 5.67. The van der Waals surface area contributed by atoms with Gasteiger partial charge in [0.05, 0.1) is 5.56 Å². The molecule has 2 rings (SSSR count). The Hall–Kier alpha value is -1.07. The fraction of sp³-hybridized carbons (Fsp3) is 0.417. The molecule has 1 atom stereocenters. The van der Waals surface area contributed by atoms with Crippen LogP contribution in [0.5, 0.6) is 0 Å². The lowest BCUT2D eigenvalue weighted by molar-refractivity contribution is 0.0698. The Morgan fingerprint density at radius 2 is 2.35 bits per heavy atom. The molecule has 0 aromatic heterocycles. The first-order chi connectivity index (χ1) is 8.16. The van der Waals surface area contributed by atoms with Gasteiger partial charge in [0.2, 0.25) is 0 Å². The summed E-state index contributed by atoms with van der Waals surface area (Å²) in [5.74, 6) is -0.905. The molecule has 1 unspecified atom stereocenters. The number of hydrogen-bond acceptors (Lipinski definition) is 3. The predicted molar refractivity (Wildman–Crippen MR) is 70.6 cm³/mol. The lowest BCUT2D eigenvalue weighted by Crippen LogP contribution is -2.38. The van der Waals surface area contributed by atoms with E-state index < -0.39 is 5.97 Å². The van der Waals surface area contributed by atoms with E-state index in [4.69, 9.17) is 5.11 Å². The van der Waals surface area contributed by atoms with Gasteiger partial charge in [0, 0.05) is 22.7 Å². The fourth-order valence-corrected chi connectivity index (χ4v) is 2.38. The first-order valence-corrected chi connectivity index (χ1v) is 6.46. The summed E-state index contributed by atoms with van der Waals surface area (Å²) in [5.41, 5.74) is 0.999. The molecule has 1 heterocycles. The molecule has 92 valence electrons. The molecule has 1 aliphatic rings. The minimum absolute atomic E-state index is 0.308. The molecule has 0 bridgehead atoms. The number of benzene rings is 1. The molecule has 0 aliphatic carbocycles. The molecule has 0 radical (unpaired) electrons. The first kappa shape index (κ1) is 12.4. The Balaban J connectivity index is 2.16. The van der Waals surface area contributed by atoms with E-state index in [2.05, 4.69) is 26.6 Å². The van der Waals surface area contributed by atoms with Crippen molar-refractivity contribution in [3.05, 3.63) is 28.2 Å². The van der Waals surface area contributed by atoms with Crippen molar-refractivity contribution in [3.8, 4) is 0 Å². The summed E-state index contributed by atoms with van der Waals surface area (Å²) in [6.07, 6.45) is 2.19. The van der Waals surface area contributed by atoms with Crippen molar-refractivity contribution in [2.24, 2.45) is 0 Å². The van der Waals surface area contributed by atoms with Crippen LogP contribution in [0.3, 0.4) is 0 Å². The second-order valence-electron chi connectivity index (χ2n) is 4.18. The van der Waals surface area contributed by atoms with Gasteiger partial charge in [-0.25, -0.2) is 4.79 Å². The summed E-state index contributed by atoms with van der Waals surface area (Å²) in [6.45, 7) is 1.93. The number of carboxylic acids is 1. The van der Waals surface area contributed by atoms with Crippen LogP contribution in [-0.2, 0) is 0 Å². The summed E-state index contributed by atoms with van der Waals surface area (Å²) in [7, 11) is 0. The Bertz CT molecular complexity index is 417. The molecule has 1 aromatic rings. The average molecular weight is 299 g/mol. The van der Waals surface area contributed by atoms with Gasteiger partial charge in [-0.2, -0.15) is 0 Å². The van der Waals surface area contributed by atoms with Crippen molar-refractivity contribution in [1.82, 2.24) is 5.32 Å². The van der Waals surface area contributed by atoms with Gasteiger partial charge in [0.25, 0.3) is 0 Å². The Labute approximate surface area is 109 Å². The molecular formula is C12H15BrN2O2. The van der Waals surface area contributed by atoms with E-state index in [1.165, 1.54) is 0 Å². The quantitative estimate of drug-likeness (QED) is 0.801. The number of aromatic carboxylic acids is 1. The van der Waals surface area contributed by atoms with Crippen LogP contribution in [0.15, 0.2) is 22.7 Å². The van der Waals surface area contributed by atoms with Crippen LogP contribution in [0.2, 0.25) is 0 Å². The number of halogens is 1. The van der Waals surface area contributed by atoms with Gasteiger partial charge < -0.3 is 15.7 Å². The summed E-state index contributed by atoms with van der Waals surface area (Å²) >= 11 is 3.29. The zero-order valence-corrected chi connectivity index (χ0v) is 11.0. The topological polar surface area (TPSA) is 61.4 Å². The van der Waals surface area contributed by atoms with E-state index >= 15 is 0 Å². The Kier molecular flexibility index (Phi) is 4.02. The average Bonchev–Trinajstić information content (AvgIpc) is 2.32. The van der Waals surface area contributed by atoms with Crippen LogP contribution in [0.1, 0.15) is 23.2 Å². The summed E-state index contributed by atoms with van der Waals surface area (Å²) in [5, 5.41) is 15.7. The van der Waals surface area contributed by atoms with Crippen LogP contribution in [0.25, 0.3) is 0 Å². The van der Waals surface area contributed by atoms with Crippen LogP contribution in [0, 0.1) is 0 Å². The molecule has 1 aromatic carbocycles. The monoisotopic (exact) mass is 298 g/mol. The van der Waals surface area contributed by atoms with Crippen molar-refractivity contribution >= 4 is 27.6 Å². The number of carboxylic acid groups (broad SMARTS) is 1. The van der Waals surface area contributed by atoms with Crippen LogP contribution in [-0.4, -0.2) is 30.2 Å². The summed E-state index contributed by atoms with van der Waals surface area (Å²) in [4.78, 5) is 11.1. The molecule has 0 amide bonds. The van der Waals surface area contributed by atoms with Gasteiger partial charge in [-0.3, -0.25) is 0 Å². The smallest absolute Gasteiger partial charge is 0.337 e. The Morgan fingerprint density at radius 1 is 1.53 bits per heavy atom. The van der Waals surface area contributed by atoms with E-state index in [1.807, 2.05) is 12.1 Å². The third kappa shape index (κ3) is 3.20. The molecule has 0 spiro atoms. The fourth-order valence-electron chi connectivity index (χ4n) is 2.01. The summed E-state index contributed by atoms with van der Waals surface area (Å²) < 4.78 is 0.780. The third-order valence-electron chi connectivity index (χ3n) is 2.87. The second-order valence-corrected chi connectivity index (χ2v) is 5.10. The zero-order chi connectivity index (χ0) is 12.3. The highest BCUT2D eigenvalue weighted by molar-refractivity contribution is 9.10. The van der Waals surface area contributed by atoms with Crippen LogP contribution in [0.4, 0.5) is 5.69 Å². The number of hydrogen-bond donors (Lipinski definition) is 3. The number of nitrogens with one attached hydrogen (secondary N) is 2. The van der Waals surface area contributed by atoms with Gasteiger partial charge in [-0.1, -0.05) is 15.9 Å². The molecular weight excluding hydrogens is 284 g/mol. The molecule has 0 saturated carbocycles. The molecule has 4 nitrogen and oxygen atoms in total. The standard InChI is InChI=1S/C12H15BrN2O2/c13-8-3-4-11(10(6-8)12(16)17)15-9-2-1-5-14-7-9/h3-4,6,9,14-15H,1-2,5,7H2,(H,16,17). The minimum atomic E-state index is -0.905. The zero-order valence-electron chi connectivity index (χ0n) is 9.37. The predicted octanol–water partition coefficient (Wildman–Crippen LogP) is 2.31. The maximum Gasteiger partial charge on any atom is 0.337 e. The maximum atomic E-state index is 11.1. The van der Waals surface area contributed by atoms with Crippen molar-refractivity contribution in [1.29, 1.82) is 0 Å². The molecule has 5 heteroatoms. The number of rotatable bonds is 3. The van der Waals surface area contributed by atoms with Gasteiger partial charge in [-0.15, -0.1) is 0 Å². The van der Waals surface area contributed by atoms with Gasteiger partial charge in [0.15, 0.2) is 0 Å². The second kappa shape index (κ2) is 5.51. The third-order valence-corrected chi connectivity index (χ3v) is 3.36. The van der Waals surface area contributed by atoms with Crippen molar-refractivity contribution in [2.75, 3.05) is 18.4 Å². The Morgan fingerprint density at radius 3 is 3.00 bits per heavy atom. The molecule has 1 fully saturated rings. The highest BCUT2D eigenvalue weighted by Gasteiger charge is 2.16. The van der Waals surface area contributed by atoms with Gasteiger partial charge in [-0.05, 0) is 37.6 Å².